The Morgan fingerprint density at radius 2 is 1.58 bits per heavy atom. The Hall–Kier alpha value is -3.77. The van der Waals surface area contributed by atoms with Crippen molar-refractivity contribution in [3.05, 3.63) is 88.1 Å². The standard InChI is InChI=1S/C26H23ClN2O4/c1-15-9-11-20(16(2)13-15)29-25(30)23(18-7-5-6-8-21(18)32-3)24(26(29)31)28-19-14-17(27)10-12-22(19)33-4/h5-14,28H,1-4H3. The molecule has 33 heavy (non-hydrogen) atoms. The van der Waals surface area contributed by atoms with Crippen LogP contribution in [0.25, 0.3) is 5.57 Å². The second kappa shape index (κ2) is 9.00. The number of para-hydroxylation sites is 1. The third-order valence-electron chi connectivity index (χ3n) is 5.47. The third-order valence-corrected chi connectivity index (χ3v) is 5.71. The molecule has 0 saturated heterocycles. The monoisotopic (exact) mass is 462 g/mol. The Bertz CT molecular complexity index is 1300. The molecule has 168 valence electrons. The number of nitrogens with zero attached hydrogens (tertiary/aromatic N) is 1. The van der Waals surface area contributed by atoms with Crippen molar-refractivity contribution >= 4 is 40.4 Å². The second-order valence-corrected chi connectivity index (χ2v) is 8.09. The van der Waals surface area contributed by atoms with Gasteiger partial charge in [-0.15, -0.1) is 0 Å². The first-order valence-electron chi connectivity index (χ1n) is 10.3. The number of rotatable bonds is 6. The summed E-state index contributed by atoms with van der Waals surface area (Å²) >= 11 is 6.19. The predicted molar refractivity (Wildman–Crippen MR) is 130 cm³/mol. The van der Waals surface area contributed by atoms with Crippen LogP contribution in [0.2, 0.25) is 5.02 Å². The van der Waals surface area contributed by atoms with Gasteiger partial charge in [-0.2, -0.15) is 0 Å². The molecule has 3 aromatic carbocycles. The van der Waals surface area contributed by atoms with Gasteiger partial charge in [-0.05, 0) is 49.7 Å². The molecule has 0 saturated carbocycles. The van der Waals surface area contributed by atoms with E-state index in [4.69, 9.17) is 21.1 Å². The molecule has 1 aliphatic rings. The van der Waals surface area contributed by atoms with Crippen molar-refractivity contribution in [3.63, 3.8) is 0 Å². The largest absolute Gasteiger partial charge is 0.496 e. The lowest BCUT2D eigenvalue weighted by Gasteiger charge is -2.18. The van der Waals surface area contributed by atoms with Gasteiger partial charge in [0.2, 0.25) is 0 Å². The smallest absolute Gasteiger partial charge is 0.282 e. The van der Waals surface area contributed by atoms with Gasteiger partial charge in [0, 0.05) is 10.6 Å². The van der Waals surface area contributed by atoms with Crippen LogP contribution in [-0.2, 0) is 9.59 Å². The lowest BCUT2D eigenvalue weighted by Crippen LogP contribution is -2.33. The Balaban J connectivity index is 1.91. The molecule has 0 spiro atoms. The zero-order valence-corrected chi connectivity index (χ0v) is 19.5. The van der Waals surface area contributed by atoms with E-state index in [9.17, 15) is 9.59 Å². The number of aryl methyl sites for hydroxylation is 2. The van der Waals surface area contributed by atoms with E-state index in [1.54, 1.807) is 48.5 Å². The summed E-state index contributed by atoms with van der Waals surface area (Å²) in [6.07, 6.45) is 0. The average Bonchev–Trinajstić information content (AvgIpc) is 3.03. The van der Waals surface area contributed by atoms with Crippen LogP contribution >= 0.6 is 11.6 Å². The molecule has 1 heterocycles. The van der Waals surface area contributed by atoms with Crippen molar-refractivity contribution in [2.24, 2.45) is 0 Å². The van der Waals surface area contributed by atoms with Gasteiger partial charge in [0.1, 0.15) is 17.2 Å². The molecule has 1 N–H and O–H groups in total. The van der Waals surface area contributed by atoms with Crippen LogP contribution in [0.1, 0.15) is 16.7 Å². The first kappa shape index (κ1) is 22.4. The summed E-state index contributed by atoms with van der Waals surface area (Å²) < 4.78 is 10.9. The van der Waals surface area contributed by atoms with Crippen molar-refractivity contribution in [2.45, 2.75) is 13.8 Å². The van der Waals surface area contributed by atoms with E-state index in [-0.39, 0.29) is 11.3 Å². The van der Waals surface area contributed by atoms with E-state index in [2.05, 4.69) is 5.32 Å². The fourth-order valence-electron chi connectivity index (χ4n) is 3.93. The summed E-state index contributed by atoms with van der Waals surface area (Å²) in [5.41, 5.74) is 3.68. The van der Waals surface area contributed by atoms with Gasteiger partial charge in [-0.25, -0.2) is 4.90 Å². The number of benzene rings is 3. The molecule has 0 aliphatic carbocycles. The Morgan fingerprint density at radius 1 is 0.848 bits per heavy atom. The number of hydrogen-bond acceptors (Lipinski definition) is 5. The number of ether oxygens (including phenoxy) is 2. The number of nitrogens with one attached hydrogen (secondary N) is 1. The summed E-state index contributed by atoms with van der Waals surface area (Å²) in [5, 5.41) is 3.57. The summed E-state index contributed by atoms with van der Waals surface area (Å²) in [6, 6.07) is 17.7. The lowest BCUT2D eigenvalue weighted by atomic mass is 10.0. The summed E-state index contributed by atoms with van der Waals surface area (Å²) in [5.74, 6) is 0.0415. The highest BCUT2D eigenvalue weighted by atomic mass is 35.5. The van der Waals surface area contributed by atoms with Gasteiger partial charge >= 0.3 is 0 Å². The summed E-state index contributed by atoms with van der Waals surface area (Å²) in [6.45, 7) is 3.83. The molecule has 0 radical (unpaired) electrons. The van der Waals surface area contributed by atoms with Crippen LogP contribution in [0.15, 0.2) is 66.4 Å². The maximum atomic E-state index is 13.7. The number of carbonyl (C=O) groups excluding carboxylic acids is 2. The number of amides is 2. The van der Waals surface area contributed by atoms with Gasteiger partial charge in [-0.1, -0.05) is 47.5 Å². The molecule has 0 bridgehead atoms. The number of carbonyl (C=O) groups is 2. The van der Waals surface area contributed by atoms with Crippen molar-refractivity contribution < 1.29 is 19.1 Å². The van der Waals surface area contributed by atoms with Crippen LogP contribution in [0, 0.1) is 13.8 Å². The van der Waals surface area contributed by atoms with Crippen molar-refractivity contribution in [1.29, 1.82) is 0 Å². The minimum atomic E-state index is -0.477. The average molecular weight is 463 g/mol. The molecule has 7 heteroatoms. The van der Waals surface area contributed by atoms with E-state index in [0.717, 1.165) is 11.1 Å². The molecule has 0 aromatic heterocycles. The fraction of sp³-hybridized carbons (Fsp3) is 0.154. The Labute approximate surface area is 197 Å². The molecule has 3 aromatic rings. The third kappa shape index (κ3) is 4.05. The van der Waals surface area contributed by atoms with E-state index in [0.29, 0.717) is 33.5 Å². The Morgan fingerprint density at radius 3 is 2.27 bits per heavy atom. The van der Waals surface area contributed by atoms with E-state index in [1.807, 2.05) is 26.0 Å². The van der Waals surface area contributed by atoms with Crippen LogP contribution < -0.4 is 19.7 Å². The first-order valence-corrected chi connectivity index (χ1v) is 10.7. The van der Waals surface area contributed by atoms with Crippen LogP contribution in [-0.4, -0.2) is 26.0 Å². The topological polar surface area (TPSA) is 67.9 Å². The Kier molecular flexibility index (Phi) is 6.11. The van der Waals surface area contributed by atoms with Crippen LogP contribution in [0.5, 0.6) is 11.5 Å². The highest BCUT2D eigenvalue weighted by Crippen LogP contribution is 2.39. The number of anilines is 2. The molecular formula is C26H23ClN2O4. The molecule has 0 fully saturated rings. The highest BCUT2D eigenvalue weighted by Gasteiger charge is 2.42. The van der Waals surface area contributed by atoms with Gasteiger partial charge in [0.25, 0.3) is 11.8 Å². The fourth-order valence-corrected chi connectivity index (χ4v) is 4.11. The van der Waals surface area contributed by atoms with Gasteiger partial charge in [0.15, 0.2) is 0 Å². The minimum Gasteiger partial charge on any atom is -0.496 e. The van der Waals surface area contributed by atoms with Gasteiger partial charge < -0.3 is 14.8 Å². The van der Waals surface area contributed by atoms with E-state index < -0.39 is 11.8 Å². The van der Waals surface area contributed by atoms with E-state index >= 15 is 0 Å². The summed E-state index contributed by atoms with van der Waals surface area (Å²) in [7, 11) is 3.04. The zero-order valence-electron chi connectivity index (χ0n) is 18.7. The number of methoxy groups -OCH3 is 2. The second-order valence-electron chi connectivity index (χ2n) is 7.66. The predicted octanol–water partition coefficient (Wildman–Crippen LogP) is 5.37. The lowest BCUT2D eigenvalue weighted by molar-refractivity contribution is -0.120. The van der Waals surface area contributed by atoms with Crippen LogP contribution in [0.4, 0.5) is 11.4 Å². The molecule has 2 amide bonds. The van der Waals surface area contributed by atoms with Crippen molar-refractivity contribution in [2.75, 3.05) is 24.4 Å². The number of imide groups is 1. The molecule has 1 aliphatic heterocycles. The number of hydrogen-bond donors (Lipinski definition) is 1. The highest BCUT2D eigenvalue weighted by molar-refractivity contribution is 6.46. The van der Waals surface area contributed by atoms with Crippen molar-refractivity contribution in [3.8, 4) is 11.5 Å². The van der Waals surface area contributed by atoms with Gasteiger partial charge in [0.05, 0.1) is 31.2 Å². The number of halogens is 1. The molecule has 0 atom stereocenters. The van der Waals surface area contributed by atoms with Crippen molar-refractivity contribution in [1.82, 2.24) is 0 Å². The maximum Gasteiger partial charge on any atom is 0.282 e. The quantitative estimate of drug-likeness (QED) is 0.499. The molecule has 0 unspecified atom stereocenters. The molecular weight excluding hydrogens is 440 g/mol. The normalized spacial score (nSPS) is 13.5. The molecule has 4 rings (SSSR count). The van der Waals surface area contributed by atoms with E-state index in [1.165, 1.54) is 19.1 Å². The van der Waals surface area contributed by atoms with Crippen LogP contribution in [0.3, 0.4) is 0 Å². The molecule has 6 nitrogen and oxygen atoms in total. The minimum absolute atomic E-state index is 0.116. The first-order chi connectivity index (χ1) is 15.8. The summed E-state index contributed by atoms with van der Waals surface area (Å²) in [4.78, 5) is 28.6. The van der Waals surface area contributed by atoms with Gasteiger partial charge in [-0.3, -0.25) is 9.59 Å². The SMILES string of the molecule is COc1ccc(Cl)cc1NC1=C(c2ccccc2OC)C(=O)N(c2ccc(C)cc2C)C1=O. The maximum absolute atomic E-state index is 13.7. The zero-order chi connectivity index (χ0) is 23.7.